The molecule has 124 valence electrons. The smallest absolute Gasteiger partial charge is 0.233 e. The number of hydrogen-bond donors (Lipinski definition) is 1. The number of benzene rings is 1. The highest BCUT2D eigenvalue weighted by Gasteiger charge is 2.34. The molecule has 6 nitrogen and oxygen atoms in total. The quantitative estimate of drug-likeness (QED) is 0.921. The maximum Gasteiger partial charge on any atom is 0.233 e. The minimum absolute atomic E-state index is 0.0592. The van der Waals surface area contributed by atoms with Crippen LogP contribution in [0.5, 0.6) is 0 Å². The Balaban J connectivity index is 1.62. The highest BCUT2D eigenvalue weighted by atomic mass is 16.5. The number of para-hydroxylation sites is 1. The molecule has 1 atom stereocenters. The van der Waals surface area contributed by atoms with Gasteiger partial charge in [-0.15, -0.1) is 0 Å². The van der Waals surface area contributed by atoms with E-state index < -0.39 is 5.92 Å². The Kier molecular flexibility index (Phi) is 3.59. The van der Waals surface area contributed by atoms with E-state index in [1.807, 2.05) is 24.3 Å². The van der Waals surface area contributed by atoms with Crippen LogP contribution in [0.3, 0.4) is 0 Å². The van der Waals surface area contributed by atoms with Crippen molar-refractivity contribution >= 4 is 23.3 Å². The molecule has 2 amide bonds. The Morgan fingerprint density at radius 1 is 1.29 bits per heavy atom. The van der Waals surface area contributed by atoms with Crippen molar-refractivity contribution in [1.82, 2.24) is 5.16 Å². The largest absolute Gasteiger partial charge is 0.359 e. The van der Waals surface area contributed by atoms with Crippen molar-refractivity contribution in [3.05, 3.63) is 41.2 Å². The van der Waals surface area contributed by atoms with E-state index in [0.29, 0.717) is 5.82 Å². The summed E-state index contributed by atoms with van der Waals surface area (Å²) in [4.78, 5) is 26.6. The van der Waals surface area contributed by atoms with Crippen molar-refractivity contribution in [2.24, 2.45) is 0 Å². The van der Waals surface area contributed by atoms with Gasteiger partial charge in [-0.05, 0) is 30.9 Å². The molecule has 6 heteroatoms. The zero-order valence-corrected chi connectivity index (χ0v) is 13.5. The zero-order chi connectivity index (χ0) is 16.7. The number of amides is 2. The standard InChI is InChI=1S/C18H19N3O3/c1-21-14-8-4-2-6-11(14)13(10-16(21)22)18(23)19-17-12-7-3-5-9-15(12)24-20-17/h2,4,6,8,13H,3,5,7,9-10H2,1H3,(H,19,20,23). The van der Waals surface area contributed by atoms with Crippen LogP contribution in [-0.2, 0) is 22.4 Å². The lowest BCUT2D eigenvalue weighted by Crippen LogP contribution is -2.37. The summed E-state index contributed by atoms with van der Waals surface area (Å²) < 4.78 is 5.34. The normalized spacial score (nSPS) is 19.6. The van der Waals surface area contributed by atoms with Crippen molar-refractivity contribution in [3.63, 3.8) is 0 Å². The van der Waals surface area contributed by atoms with Gasteiger partial charge in [-0.1, -0.05) is 23.4 Å². The molecule has 2 heterocycles. The van der Waals surface area contributed by atoms with E-state index in [4.69, 9.17) is 4.52 Å². The van der Waals surface area contributed by atoms with Gasteiger partial charge in [0.15, 0.2) is 5.82 Å². The first-order valence-electron chi connectivity index (χ1n) is 8.29. The Morgan fingerprint density at radius 2 is 2.08 bits per heavy atom. The van der Waals surface area contributed by atoms with Crippen molar-refractivity contribution in [3.8, 4) is 0 Å². The molecule has 0 saturated heterocycles. The van der Waals surface area contributed by atoms with Crippen LogP contribution in [-0.4, -0.2) is 24.0 Å². The molecule has 1 aromatic carbocycles. The number of carbonyl (C=O) groups is 2. The minimum atomic E-state index is -0.499. The van der Waals surface area contributed by atoms with E-state index in [9.17, 15) is 9.59 Å². The lowest BCUT2D eigenvalue weighted by atomic mass is 9.88. The van der Waals surface area contributed by atoms with Crippen LogP contribution in [0.15, 0.2) is 28.8 Å². The number of anilines is 2. The molecule has 0 fully saturated rings. The topological polar surface area (TPSA) is 75.4 Å². The average Bonchev–Trinajstić information content (AvgIpc) is 3.01. The molecular weight excluding hydrogens is 306 g/mol. The van der Waals surface area contributed by atoms with E-state index >= 15 is 0 Å². The summed E-state index contributed by atoms with van der Waals surface area (Å²) in [6.07, 6.45) is 4.07. The first-order valence-corrected chi connectivity index (χ1v) is 8.29. The number of carbonyl (C=O) groups excluding carboxylic acids is 2. The third-order valence-electron chi connectivity index (χ3n) is 4.93. The second-order valence-electron chi connectivity index (χ2n) is 6.40. The molecule has 2 aromatic rings. The van der Waals surface area contributed by atoms with E-state index in [1.54, 1.807) is 11.9 Å². The number of aryl methyl sites for hydroxylation is 1. The number of aromatic nitrogens is 1. The molecule has 0 bridgehead atoms. The van der Waals surface area contributed by atoms with Gasteiger partial charge in [-0.2, -0.15) is 0 Å². The molecule has 1 aromatic heterocycles. The summed E-state index contributed by atoms with van der Waals surface area (Å²) in [6, 6.07) is 7.53. The van der Waals surface area contributed by atoms with Crippen LogP contribution in [0.1, 0.15) is 42.1 Å². The minimum Gasteiger partial charge on any atom is -0.359 e. The predicted molar refractivity (Wildman–Crippen MR) is 89.0 cm³/mol. The highest BCUT2D eigenvalue weighted by molar-refractivity contribution is 6.05. The summed E-state index contributed by atoms with van der Waals surface area (Å²) in [5, 5.41) is 6.90. The molecule has 1 unspecified atom stereocenters. The number of fused-ring (bicyclic) bond motifs is 2. The van der Waals surface area contributed by atoms with Crippen molar-refractivity contribution in [2.45, 2.75) is 38.0 Å². The third-order valence-corrected chi connectivity index (χ3v) is 4.93. The average molecular weight is 325 g/mol. The van der Waals surface area contributed by atoms with Crippen LogP contribution < -0.4 is 10.2 Å². The zero-order valence-electron chi connectivity index (χ0n) is 13.5. The second-order valence-corrected chi connectivity index (χ2v) is 6.40. The Morgan fingerprint density at radius 3 is 2.96 bits per heavy atom. The fraction of sp³-hybridized carbons (Fsp3) is 0.389. The highest BCUT2D eigenvalue weighted by Crippen LogP contribution is 2.36. The van der Waals surface area contributed by atoms with Gasteiger partial charge in [-0.3, -0.25) is 9.59 Å². The summed E-state index contributed by atoms with van der Waals surface area (Å²) in [5.74, 6) is 0.623. The van der Waals surface area contributed by atoms with Crippen molar-refractivity contribution in [2.75, 3.05) is 17.3 Å². The van der Waals surface area contributed by atoms with Crippen LogP contribution in [0.2, 0.25) is 0 Å². The Labute approximate surface area is 139 Å². The summed E-state index contributed by atoms with van der Waals surface area (Å²) in [7, 11) is 1.74. The fourth-order valence-electron chi connectivity index (χ4n) is 3.56. The van der Waals surface area contributed by atoms with Crippen LogP contribution >= 0.6 is 0 Å². The Bertz CT molecular complexity index is 812. The van der Waals surface area contributed by atoms with Gasteiger partial charge in [0.05, 0.1) is 5.92 Å². The maximum atomic E-state index is 12.8. The lowest BCUT2D eigenvalue weighted by Gasteiger charge is -2.30. The lowest BCUT2D eigenvalue weighted by molar-refractivity contribution is -0.124. The van der Waals surface area contributed by atoms with Gasteiger partial charge < -0.3 is 14.7 Å². The summed E-state index contributed by atoms with van der Waals surface area (Å²) >= 11 is 0. The number of rotatable bonds is 2. The monoisotopic (exact) mass is 325 g/mol. The first-order chi connectivity index (χ1) is 11.6. The third kappa shape index (κ3) is 2.38. The van der Waals surface area contributed by atoms with Crippen LogP contribution in [0.4, 0.5) is 11.5 Å². The molecule has 1 aliphatic heterocycles. The molecule has 0 spiro atoms. The summed E-state index contributed by atoms with van der Waals surface area (Å²) in [5.41, 5.74) is 2.66. The van der Waals surface area contributed by atoms with Crippen LogP contribution in [0.25, 0.3) is 0 Å². The molecule has 2 aliphatic rings. The van der Waals surface area contributed by atoms with Gasteiger partial charge in [-0.25, -0.2) is 0 Å². The molecule has 0 saturated carbocycles. The molecule has 0 radical (unpaired) electrons. The fourth-order valence-corrected chi connectivity index (χ4v) is 3.56. The van der Waals surface area contributed by atoms with Crippen molar-refractivity contribution in [1.29, 1.82) is 0 Å². The summed E-state index contributed by atoms with van der Waals surface area (Å²) in [6.45, 7) is 0. The van der Waals surface area contributed by atoms with E-state index in [1.165, 1.54) is 0 Å². The van der Waals surface area contributed by atoms with E-state index in [2.05, 4.69) is 10.5 Å². The van der Waals surface area contributed by atoms with Crippen LogP contribution in [0, 0.1) is 0 Å². The number of nitrogens with zero attached hydrogens (tertiary/aromatic N) is 2. The number of hydrogen-bond acceptors (Lipinski definition) is 4. The molecule has 4 rings (SSSR count). The maximum absolute atomic E-state index is 12.8. The molecule has 1 aliphatic carbocycles. The second kappa shape index (κ2) is 5.78. The predicted octanol–water partition coefficient (Wildman–Crippen LogP) is 2.64. The van der Waals surface area contributed by atoms with Gasteiger partial charge >= 0.3 is 0 Å². The Hall–Kier alpha value is -2.63. The number of nitrogens with one attached hydrogen (secondary N) is 1. The molecular formula is C18H19N3O3. The van der Waals surface area contributed by atoms with Gasteiger partial charge in [0.25, 0.3) is 0 Å². The molecule has 24 heavy (non-hydrogen) atoms. The van der Waals surface area contributed by atoms with E-state index in [-0.39, 0.29) is 18.2 Å². The molecule has 1 N–H and O–H groups in total. The van der Waals surface area contributed by atoms with E-state index in [0.717, 1.165) is 48.3 Å². The SMILES string of the molecule is CN1C(=O)CC(C(=O)Nc2noc3c2CCCC3)c2ccccc21. The van der Waals surface area contributed by atoms with Gasteiger partial charge in [0.1, 0.15) is 5.76 Å². The van der Waals surface area contributed by atoms with Crippen molar-refractivity contribution < 1.29 is 14.1 Å². The van der Waals surface area contributed by atoms with Gasteiger partial charge in [0, 0.05) is 31.1 Å². The first kappa shape index (κ1) is 14.9. The van der Waals surface area contributed by atoms with Gasteiger partial charge in [0.2, 0.25) is 11.8 Å².